The van der Waals surface area contributed by atoms with Crippen LogP contribution in [0.4, 0.5) is 0 Å². The van der Waals surface area contributed by atoms with E-state index in [2.05, 4.69) is 48.2 Å². The van der Waals surface area contributed by atoms with E-state index in [-0.39, 0.29) is 6.04 Å². The Morgan fingerprint density at radius 3 is 2.78 bits per heavy atom. The van der Waals surface area contributed by atoms with E-state index in [1.54, 1.807) is 24.6 Å². The quantitative estimate of drug-likeness (QED) is 0.855. The monoisotopic (exact) mass is 390 g/mol. The van der Waals surface area contributed by atoms with E-state index in [1.807, 2.05) is 19.2 Å². The summed E-state index contributed by atoms with van der Waals surface area (Å²) in [4.78, 5) is 5.60. The molecule has 1 unspecified atom stereocenters. The SMILES string of the molecule is CNC(c1cc(Br)c(Br)s1)c1ncccc1OC. The van der Waals surface area contributed by atoms with E-state index < -0.39 is 0 Å². The maximum absolute atomic E-state index is 5.37. The van der Waals surface area contributed by atoms with Crippen molar-refractivity contribution in [2.45, 2.75) is 6.04 Å². The van der Waals surface area contributed by atoms with Gasteiger partial charge in [0.05, 0.1) is 16.9 Å². The lowest BCUT2D eigenvalue weighted by molar-refractivity contribution is 0.402. The molecular weight excluding hydrogens is 380 g/mol. The predicted octanol–water partition coefficient (Wildman–Crippen LogP) is 3.99. The van der Waals surface area contributed by atoms with Crippen LogP contribution in [0.25, 0.3) is 0 Å². The minimum atomic E-state index is 0.0220. The Kier molecular flexibility index (Phi) is 4.77. The molecule has 0 aliphatic rings. The number of ether oxygens (including phenoxy) is 1. The van der Waals surface area contributed by atoms with Crippen LogP contribution in [0.5, 0.6) is 5.75 Å². The Balaban J connectivity index is 2.45. The molecule has 2 rings (SSSR count). The second-order valence-corrected chi connectivity index (χ2v) is 6.84. The molecular formula is C12H12Br2N2OS. The first-order valence-electron chi connectivity index (χ1n) is 5.28. The maximum Gasteiger partial charge on any atom is 0.142 e. The van der Waals surface area contributed by atoms with Gasteiger partial charge in [0.1, 0.15) is 11.4 Å². The van der Waals surface area contributed by atoms with Gasteiger partial charge in [0.25, 0.3) is 0 Å². The zero-order chi connectivity index (χ0) is 13.1. The van der Waals surface area contributed by atoms with Gasteiger partial charge in [0.15, 0.2) is 0 Å². The molecule has 0 bridgehead atoms. The van der Waals surface area contributed by atoms with Gasteiger partial charge >= 0.3 is 0 Å². The first-order chi connectivity index (χ1) is 8.67. The highest BCUT2D eigenvalue weighted by Crippen LogP contribution is 2.38. The summed E-state index contributed by atoms with van der Waals surface area (Å²) < 4.78 is 7.50. The first-order valence-corrected chi connectivity index (χ1v) is 7.68. The van der Waals surface area contributed by atoms with Crippen LogP contribution >= 0.6 is 43.2 Å². The van der Waals surface area contributed by atoms with E-state index >= 15 is 0 Å². The maximum atomic E-state index is 5.37. The molecule has 6 heteroatoms. The molecule has 0 aliphatic heterocycles. The Morgan fingerprint density at radius 1 is 1.44 bits per heavy atom. The third-order valence-electron chi connectivity index (χ3n) is 2.53. The van der Waals surface area contributed by atoms with E-state index in [4.69, 9.17) is 4.74 Å². The van der Waals surface area contributed by atoms with Crippen molar-refractivity contribution in [3.8, 4) is 5.75 Å². The molecule has 18 heavy (non-hydrogen) atoms. The predicted molar refractivity (Wildman–Crippen MR) is 81.4 cm³/mol. The largest absolute Gasteiger partial charge is 0.495 e. The summed E-state index contributed by atoms with van der Waals surface area (Å²) in [5.41, 5.74) is 0.892. The third kappa shape index (κ3) is 2.77. The van der Waals surface area contributed by atoms with Gasteiger partial charge in [-0.15, -0.1) is 11.3 Å². The Hall–Kier alpha value is -0.430. The molecule has 1 N–H and O–H groups in total. The molecule has 0 fully saturated rings. The van der Waals surface area contributed by atoms with Crippen LogP contribution in [-0.4, -0.2) is 19.1 Å². The lowest BCUT2D eigenvalue weighted by Gasteiger charge is -2.16. The minimum Gasteiger partial charge on any atom is -0.495 e. The van der Waals surface area contributed by atoms with Crippen LogP contribution in [0.2, 0.25) is 0 Å². The van der Waals surface area contributed by atoms with Crippen LogP contribution in [0.3, 0.4) is 0 Å². The van der Waals surface area contributed by atoms with Crippen molar-refractivity contribution in [1.29, 1.82) is 0 Å². The number of hydrogen-bond acceptors (Lipinski definition) is 4. The average molecular weight is 392 g/mol. The fourth-order valence-corrected chi connectivity index (χ4v) is 3.92. The van der Waals surface area contributed by atoms with Gasteiger partial charge in [0, 0.05) is 15.5 Å². The second-order valence-electron chi connectivity index (χ2n) is 3.58. The second kappa shape index (κ2) is 6.14. The highest BCUT2D eigenvalue weighted by Gasteiger charge is 2.20. The molecule has 0 amide bonds. The lowest BCUT2D eigenvalue weighted by atomic mass is 10.1. The fourth-order valence-electron chi connectivity index (χ4n) is 1.71. The number of nitrogens with zero attached hydrogens (tertiary/aromatic N) is 1. The van der Waals surface area contributed by atoms with Crippen molar-refractivity contribution in [2.75, 3.05) is 14.2 Å². The molecule has 0 radical (unpaired) electrons. The molecule has 0 aromatic carbocycles. The van der Waals surface area contributed by atoms with E-state index in [9.17, 15) is 0 Å². The zero-order valence-electron chi connectivity index (χ0n) is 9.91. The van der Waals surface area contributed by atoms with Crippen molar-refractivity contribution in [3.05, 3.63) is 43.2 Å². The number of nitrogens with one attached hydrogen (secondary N) is 1. The van der Waals surface area contributed by atoms with Crippen molar-refractivity contribution in [1.82, 2.24) is 10.3 Å². The number of rotatable bonds is 4. The highest BCUT2D eigenvalue weighted by atomic mass is 79.9. The number of halogens is 2. The molecule has 0 spiro atoms. The van der Waals surface area contributed by atoms with Gasteiger partial charge in [-0.25, -0.2) is 0 Å². The summed E-state index contributed by atoms with van der Waals surface area (Å²) in [5, 5.41) is 3.28. The number of hydrogen-bond donors (Lipinski definition) is 1. The van der Waals surface area contributed by atoms with Gasteiger partial charge in [-0.2, -0.15) is 0 Å². The van der Waals surface area contributed by atoms with Crippen LogP contribution in [0.1, 0.15) is 16.6 Å². The molecule has 0 saturated heterocycles. The lowest BCUT2D eigenvalue weighted by Crippen LogP contribution is -2.18. The van der Waals surface area contributed by atoms with E-state index in [0.717, 1.165) is 19.7 Å². The number of thiophene rings is 1. The number of methoxy groups -OCH3 is 1. The summed E-state index contributed by atoms with van der Waals surface area (Å²) in [6.45, 7) is 0. The molecule has 96 valence electrons. The number of pyridine rings is 1. The van der Waals surface area contributed by atoms with E-state index in [1.165, 1.54) is 4.88 Å². The third-order valence-corrected chi connectivity index (χ3v) is 5.85. The summed E-state index contributed by atoms with van der Waals surface area (Å²) in [6, 6.07) is 5.90. The molecule has 2 heterocycles. The van der Waals surface area contributed by atoms with Gasteiger partial charge in [0.2, 0.25) is 0 Å². The van der Waals surface area contributed by atoms with Crippen molar-refractivity contribution < 1.29 is 4.74 Å². The first kappa shape index (κ1) is 14.0. The van der Waals surface area contributed by atoms with Gasteiger partial charge in [-0.3, -0.25) is 4.98 Å². The van der Waals surface area contributed by atoms with Crippen LogP contribution < -0.4 is 10.1 Å². The summed E-state index contributed by atoms with van der Waals surface area (Å²) >= 11 is 8.69. The Labute approximate surface area is 127 Å². The van der Waals surface area contributed by atoms with Crippen molar-refractivity contribution in [2.24, 2.45) is 0 Å². The standard InChI is InChI=1S/C12H12Br2N2OS/c1-15-11(9-6-7(13)12(14)18-9)10-8(17-2)4-3-5-16-10/h3-6,11,15H,1-2H3. The minimum absolute atomic E-state index is 0.0220. The van der Waals surface area contributed by atoms with Crippen LogP contribution in [0, 0.1) is 0 Å². The van der Waals surface area contributed by atoms with Crippen molar-refractivity contribution in [3.63, 3.8) is 0 Å². The molecule has 2 aromatic rings. The van der Waals surface area contributed by atoms with Gasteiger partial charge < -0.3 is 10.1 Å². The molecule has 0 saturated carbocycles. The summed E-state index contributed by atoms with van der Waals surface area (Å²) in [7, 11) is 3.58. The number of aromatic nitrogens is 1. The molecule has 0 aliphatic carbocycles. The van der Waals surface area contributed by atoms with Gasteiger partial charge in [-0.1, -0.05) is 0 Å². The normalized spacial score (nSPS) is 12.4. The summed E-state index contributed by atoms with van der Waals surface area (Å²) in [6.07, 6.45) is 1.78. The highest BCUT2D eigenvalue weighted by molar-refractivity contribution is 9.13. The average Bonchev–Trinajstić information content (AvgIpc) is 2.71. The van der Waals surface area contributed by atoms with E-state index in [0.29, 0.717) is 0 Å². The topological polar surface area (TPSA) is 34.2 Å². The van der Waals surface area contributed by atoms with Gasteiger partial charge in [-0.05, 0) is 57.1 Å². The van der Waals surface area contributed by atoms with Crippen LogP contribution in [0.15, 0.2) is 32.7 Å². The molecule has 3 nitrogen and oxygen atoms in total. The zero-order valence-corrected chi connectivity index (χ0v) is 13.9. The molecule has 1 atom stereocenters. The Bertz CT molecular complexity index is 525. The van der Waals surface area contributed by atoms with Crippen molar-refractivity contribution >= 4 is 43.2 Å². The summed E-state index contributed by atoms with van der Waals surface area (Å²) in [5.74, 6) is 0.789. The molecule has 2 aromatic heterocycles. The Morgan fingerprint density at radius 2 is 2.22 bits per heavy atom. The fraction of sp³-hybridized carbons (Fsp3) is 0.250. The smallest absolute Gasteiger partial charge is 0.142 e. The van der Waals surface area contributed by atoms with Crippen LogP contribution in [-0.2, 0) is 0 Å².